The van der Waals surface area contributed by atoms with Crippen LogP contribution in [0.15, 0.2) is 71.8 Å². The van der Waals surface area contributed by atoms with Crippen LogP contribution in [0.3, 0.4) is 0 Å². The van der Waals surface area contributed by atoms with Crippen LogP contribution in [0, 0.1) is 23.2 Å². The van der Waals surface area contributed by atoms with Crippen LogP contribution in [0.25, 0.3) is 11.1 Å². The number of hydrogen-bond donors (Lipinski definition) is 2. The molecule has 2 fully saturated rings. The van der Waals surface area contributed by atoms with Crippen molar-refractivity contribution < 1.29 is 0 Å². The molecule has 2 aliphatic heterocycles. The van der Waals surface area contributed by atoms with Gasteiger partial charge >= 0.3 is 0 Å². The number of allylic oxidation sites excluding steroid dienone is 4. The van der Waals surface area contributed by atoms with Gasteiger partial charge in [0.25, 0.3) is 0 Å². The maximum absolute atomic E-state index is 3.80. The molecule has 0 saturated carbocycles. The second-order valence-electron chi connectivity index (χ2n) is 12.4. The molecule has 2 saturated heterocycles. The standard InChI is InChI=1S/C33H46N2P2/c1-32(2,3)31-29(24-14-8-5-9-15-24)28(23-12-6-4-7-13-23)27(22-36)30(31)33(37,25-16-10-18-34-20-25)26-17-11-19-35-21-26/h4-9,12-15,25-26,31,34-35H,10-11,16-22,36-37H2,1-3H3. The molecule has 2 aromatic rings. The van der Waals surface area contributed by atoms with Crippen LogP contribution in [0.4, 0.5) is 0 Å². The van der Waals surface area contributed by atoms with Gasteiger partial charge in [-0.2, -0.15) is 0 Å². The molecule has 37 heavy (non-hydrogen) atoms. The first-order valence-corrected chi connectivity index (χ1v) is 15.8. The summed E-state index contributed by atoms with van der Waals surface area (Å²) in [5, 5.41) is 7.66. The summed E-state index contributed by atoms with van der Waals surface area (Å²) in [5.74, 6) is 1.60. The fraction of sp³-hybridized carbons (Fsp3) is 0.515. The number of piperidine rings is 2. The average molecular weight is 533 g/mol. The molecule has 0 amide bonds. The van der Waals surface area contributed by atoms with Gasteiger partial charge in [0, 0.05) is 11.1 Å². The molecular formula is C33H46N2P2. The van der Waals surface area contributed by atoms with E-state index >= 15 is 0 Å². The van der Waals surface area contributed by atoms with Crippen LogP contribution in [-0.2, 0) is 0 Å². The molecule has 2 aromatic carbocycles. The molecule has 1 aliphatic carbocycles. The molecule has 0 radical (unpaired) electrons. The molecule has 3 aliphatic rings. The Balaban J connectivity index is 1.81. The number of nitrogens with one attached hydrogen (secondary N) is 2. The summed E-state index contributed by atoms with van der Waals surface area (Å²) >= 11 is 0. The molecule has 2 heterocycles. The van der Waals surface area contributed by atoms with E-state index in [-0.39, 0.29) is 10.6 Å². The Bertz CT molecular complexity index is 1100. The van der Waals surface area contributed by atoms with Gasteiger partial charge in [0.05, 0.1) is 0 Å². The molecule has 198 valence electrons. The highest BCUT2D eigenvalue weighted by Crippen LogP contribution is 2.62. The van der Waals surface area contributed by atoms with E-state index in [0.29, 0.717) is 17.8 Å². The van der Waals surface area contributed by atoms with Crippen molar-refractivity contribution in [2.45, 2.75) is 51.6 Å². The minimum atomic E-state index is 0.0568. The van der Waals surface area contributed by atoms with Crippen LogP contribution in [-0.4, -0.2) is 37.5 Å². The highest BCUT2D eigenvalue weighted by Gasteiger charge is 2.53. The molecular weight excluding hydrogens is 486 g/mol. The first kappa shape index (κ1) is 27.3. The third-order valence-corrected chi connectivity index (χ3v) is 10.8. The highest BCUT2D eigenvalue weighted by molar-refractivity contribution is 7.19. The topological polar surface area (TPSA) is 24.1 Å². The van der Waals surface area contributed by atoms with Crippen molar-refractivity contribution in [3.8, 4) is 0 Å². The summed E-state index contributed by atoms with van der Waals surface area (Å²) in [7, 11) is 6.70. The van der Waals surface area contributed by atoms with Crippen LogP contribution in [0.2, 0.25) is 0 Å². The van der Waals surface area contributed by atoms with Crippen molar-refractivity contribution in [3.63, 3.8) is 0 Å². The van der Waals surface area contributed by atoms with Gasteiger partial charge in [-0.05, 0) is 109 Å². The van der Waals surface area contributed by atoms with Gasteiger partial charge in [-0.25, -0.2) is 0 Å². The summed E-state index contributed by atoms with van der Waals surface area (Å²) in [6, 6.07) is 22.5. The van der Waals surface area contributed by atoms with E-state index in [1.54, 1.807) is 11.1 Å². The Morgan fingerprint density at radius 1 is 0.784 bits per heavy atom. The first-order valence-electron chi connectivity index (χ1n) is 14.4. The Morgan fingerprint density at radius 2 is 1.30 bits per heavy atom. The van der Waals surface area contributed by atoms with E-state index in [0.717, 1.165) is 32.3 Å². The zero-order chi connectivity index (χ0) is 26.0. The average Bonchev–Trinajstić information content (AvgIpc) is 3.31. The molecule has 5 atom stereocenters. The van der Waals surface area contributed by atoms with Gasteiger partial charge in [-0.15, -0.1) is 18.5 Å². The quantitative estimate of drug-likeness (QED) is 0.389. The molecule has 0 spiro atoms. The molecule has 2 N–H and O–H groups in total. The Morgan fingerprint density at radius 3 is 1.73 bits per heavy atom. The normalized spacial score (nSPS) is 26.9. The Kier molecular flexibility index (Phi) is 8.43. The fourth-order valence-electron chi connectivity index (χ4n) is 7.51. The maximum Gasteiger partial charge on any atom is 0.0149 e. The third kappa shape index (κ3) is 5.17. The van der Waals surface area contributed by atoms with Crippen molar-refractivity contribution in [1.29, 1.82) is 0 Å². The predicted octanol–water partition coefficient (Wildman–Crippen LogP) is 7.06. The summed E-state index contributed by atoms with van der Waals surface area (Å²) in [6.45, 7) is 12.0. The zero-order valence-electron chi connectivity index (χ0n) is 23.0. The second-order valence-corrected chi connectivity index (χ2v) is 13.8. The Hall–Kier alpha value is -1.30. The zero-order valence-corrected chi connectivity index (χ0v) is 25.3. The van der Waals surface area contributed by atoms with E-state index in [2.05, 4.69) is 111 Å². The molecule has 5 rings (SSSR count). The lowest BCUT2D eigenvalue weighted by Crippen LogP contribution is -2.54. The van der Waals surface area contributed by atoms with Gasteiger partial charge in [0.2, 0.25) is 0 Å². The Labute approximate surface area is 230 Å². The summed E-state index contributed by atoms with van der Waals surface area (Å²) in [5.41, 5.74) is 9.12. The van der Waals surface area contributed by atoms with Crippen molar-refractivity contribution in [3.05, 3.63) is 82.9 Å². The molecule has 0 aromatic heterocycles. The molecule has 2 nitrogen and oxygen atoms in total. The fourth-order valence-corrected chi connectivity index (χ4v) is 8.84. The first-order chi connectivity index (χ1) is 17.9. The van der Waals surface area contributed by atoms with Crippen molar-refractivity contribution >= 4 is 29.6 Å². The summed E-state index contributed by atoms with van der Waals surface area (Å²) in [6.07, 6.45) is 6.14. The summed E-state index contributed by atoms with van der Waals surface area (Å²) in [4.78, 5) is 0. The number of benzene rings is 2. The monoisotopic (exact) mass is 532 g/mol. The van der Waals surface area contributed by atoms with Crippen molar-refractivity contribution in [1.82, 2.24) is 10.6 Å². The largest absolute Gasteiger partial charge is 0.316 e. The van der Waals surface area contributed by atoms with Gasteiger partial charge in [0.1, 0.15) is 0 Å². The highest BCUT2D eigenvalue weighted by atomic mass is 31.0. The van der Waals surface area contributed by atoms with Crippen molar-refractivity contribution in [2.75, 3.05) is 32.3 Å². The van der Waals surface area contributed by atoms with E-state index < -0.39 is 0 Å². The molecule has 4 heteroatoms. The van der Waals surface area contributed by atoms with E-state index in [1.807, 2.05) is 0 Å². The van der Waals surface area contributed by atoms with Gasteiger partial charge in [-0.1, -0.05) is 81.4 Å². The summed E-state index contributed by atoms with van der Waals surface area (Å²) < 4.78 is 0. The number of rotatable bonds is 6. The third-order valence-electron chi connectivity index (χ3n) is 9.10. The lowest BCUT2D eigenvalue weighted by Gasteiger charge is -2.52. The number of hydrogen-bond acceptors (Lipinski definition) is 2. The lowest BCUT2D eigenvalue weighted by molar-refractivity contribution is 0.196. The minimum absolute atomic E-state index is 0.0568. The van der Waals surface area contributed by atoms with Crippen LogP contribution in [0.5, 0.6) is 0 Å². The lowest BCUT2D eigenvalue weighted by atomic mass is 9.61. The maximum atomic E-state index is 3.80. The van der Waals surface area contributed by atoms with E-state index in [9.17, 15) is 0 Å². The molecule has 0 bridgehead atoms. The van der Waals surface area contributed by atoms with Gasteiger partial charge < -0.3 is 10.6 Å². The minimum Gasteiger partial charge on any atom is -0.316 e. The van der Waals surface area contributed by atoms with Gasteiger partial charge in [0.15, 0.2) is 0 Å². The second kappa shape index (κ2) is 11.4. The van der Waals surface area contributed by atoms with Crippen LogP contribution in [0.1, 0.15) is 57.6 Å². The van der Waals surface area contributed by atoms with E-state index in [1.165, 1.54) is 48.0 Å². The van der Waals surface area contributed by atoms with Gasteiger partial charge in [-0.3, -0.25) is 0 Å². The molecule has 5 unspecified atom stereocenters. The van der Waals surface area contributed by atoms with Crippen LogP contribution < -0.4 is 10.6 Å². The van der Waals surface area contributed by atoms with E-state index in [4.69, 9.17) is 0 Å². The predicted molar refractivity (Wildman–Crippen MR) is 168 cm³/mol. The smallest absolute Gasteiger partial charge is 0.0149 e. The van der Waals surface area contributed by atoms with Crippen molar-refractivity contribution in [2.24, 2.45) is 23.2 Å². The SMILES string of the molecule is CC(C)(C)C1C(c2ccccc2)=C(c2ccccc2)C(CP)=C1C(P)(C1CCCNC1)C1CCCNC1. The van der Waals surface area contributed by atoms with Crippen LogP contribution >= 0.6 is 18.5 Å².